The Balaban J connectivity index is 1.31. The van der Waals surface area contributed by atoms with Crippen molar-refractivity contribution in [3.63, 3.8) is 0 Å². The molecule has 1 fully saturated rings. The van der Waals surface area contributed by atoms with Crippen LogP contribution in [-0.2, 0) is 25.5 Å². The van der Waals surface area contributed by atoms with Crippen LogP contribution in [0.4, 0.5) is 0 Å². The molecule has 0 spiro atoms. The quantitative estimate of drug-likeness (QED) is 0.0611. The van der Waals surface area contributed by atoms with Gasteiger partial charge in [-0.25, -0.2) is 0 Å². The Kier molecular flexibility index (Phi) is 14.2. The van der Waals surface area contributed by atoms with Crippen LogP contribution < -0.4 is 16.0 Å². The number of ketones is 1. The van der Waals surface area contributed by atoms with Crippen molar-refractivity contribution in [2.45, 2.75) is 127 Å². The topological polar surface area (TPSA) is 129 Å². The van der Waals surface area contributed by atoms with Crippen molar-refractivity contribution in [1.82, 2.24) is 20.3 Å². The van der Waals surface area contributed by atoms with Gasteiger partial charge in [-0.1, -0.05) is 85.0 Å². The number of Topliss-reactive ketones (excluding diaryl/α,β-unsaturated/α-hetero) is 1. The second kappa shape index (κ2) is 19.1. The van der Waals surface area contributed by atoms with Gasteiger partial charge in [0.15, 0.2) is 5.78 Å². The molecule has 2 aliphatic heterocycles. The number of allylic oxidation sites excluding steroid dienone is 3. The van der Waals surface area contributed by atoms with Crippen molar-refractivity contribution < 1.29 is 23.9 Å². The molecule has 5 atom stereocenters. The van der Waals surface area contributed by atoms with Crippen molar-refractivity contribution in [2.75, 3.05) is 13.7 Å². The van der Waals surface area contributed by atoms with Crippen LogP contribution in [0.2, 0.25) is 0 Å². The Hall–Kier alpha value is -5.05. The van der Waals surface area contributed by atoms with Crippen LogP contribution in [0.15, 0.2) is 29.6 Å². The van der Waals surface area contributed by atoms with Gasteiger partial charge in [0, 0.05) is 74.1 Å². The third-order valence-electron chi connectivity index (χ3n) is 13.8. The summed E-state index contributed by atoms with van der Waals surface area (Å²) in [5.41, 5.74) is 12.5. The number of fused-ring (bicyclic) bond motifs is 7. The molecule has 1 saturated heterocycles. The molecule has 0 aromatic carbocycles. The van der Waals surface area contributed by atoms with Crippen LogP contribution in [0.3, 0.4) is 0 Å². The Labute approximate surface area is 357 Å². The Morgan fingerprint density at radius 3 is 2.28 bits per heavy atom. The van der Waals surface area contributed by atoms with Gasteiger partial charge in [-0.05, 0) is 112 Å². The highest BCUT2D eigenvalue weighted by atomic mass is 16.5. The summed E-state index contributed by atoms with van der Waals surface area (Å²) in [6, 6.07) is 0. The Bertz CT molecular complexity index is 2360. The van der Waals surface area contributed by atoms with Gasteiger partial charge in [0.25, 0.3) is 0 Å². The van der Waals surface area contributed by atoms with E-state index in [1.165, 1.54) is 50.4 Å². The van der Waals surface area contributed by atoms with Crippen LogP contribution in [0.1, 0.15) is 160 Å². The van der Waals surface area contributed by atoms with E-state index in [-0.39, 0.29) is 36.6 Å². The smallest absolute Gasteiger partial charge is 0.321 e. The van der Waals surface area contributed by atoms with Crippen LogP contribution in [0.25, 0.3) is 29.9 Å². The van der Waals surface area contributed by atoms with Gasteiger partial charge in [-0.3, -0.25) is 14.4 Å². The molecular formula is C51H68N4O5. The third kappa shape index (κ3) is 9.01. The summed E-state index contributed by atoms with van der Waals surface area (Å²) in [5.74, 6) is -1.08. The number of aromatic amines is 3. The van der Waals surface area contributed by atoms with E-state index in [2.05, 4.69) is 100 Å². The van der Waals surface area contributed by atoms with Gasteiger partial charge in [-0.2, -0.15) is 0 Å². The zero-order chi connectivity index (χ0) is 43.4. The highest BCUT2D eigenvalue weighted by Gasteiger charge is 2.48. The molecule has 4 N–H and O–H groups in total. The first-order valence-electron chi connectivity index (χ1n) is 22.4. The van der Waals surface area contributed by atoms with E-state index in [0.717, 1.165) is 92.5 Å². The molecule has 322 valence electrons. The van der Waals surface area contributed by atoms with Crippen molar-refractivity contribution in [2.24, 2.45) is 29.6 Å². The average molecular weight is 817 g/mol. The molecule has 60 heavy (non-hydrogen) atoms. The standard InChI is InChI=1S/C51H68N4O5/c1-12-28(4)17-15-18-29(5)19-16-20-30(6)23-24-60-44(56)22-21-37-33(9)40-25-38-31(7)35(13-2)42(52-38)26-39-32(8)36(14-3)43(53-39)27-41-34(10)45-49(55-41)46(48(37)54-40)47(50(45)57)51(58)59-11/h13,23,25-29,33,37,47,52-55H,2,12,14-22,24H2,1,3-11H3/b30-23+,39-26-,40-25-,43-27+,48-46-/t28-,29-,33+,37+,47-/m1/s1. The number of hydrogen-bond acceptors (Lipinski definition) is 6. The number of H-pyrrole nitrogens is 3. The Morgan fingerprint density at radius 1 is 0.883 bits per heavy atom. The zero-order valence-corrected chi connectivity index (χ0v) is 37.8. The maximum absolute atomic E-state index is 14.4. The lowest BCUT2D eigenvalue weighted by atomic mass is 9.85. The molecule has 0 amide bonds. The van der Waals surface area contributed by atoms with E-state index < -0.39 is 11.9 Å². The van der Waals surface area contributed by atoms with Crippen molar-refractivity contribution in [1.29, 1.82) is 0 Å². The monoisotopic (exact) mass is 817 g/mol. The number of carbonyl (C=O) groups is 3. The molecule has 0 radical (unpaired) electrons. The van der Waals surface area contributed by atoms with Crippen molar-refractivity contribution in [3.05, 3.63) is 96.5 Å². The maximum Gasteiger partial charge on any atom is 0.321 e. The molecule has 0 saturated carbocycles. The third-order valence-corrected chi connectivity index (χ3v) is 13.8. The van der Waals surface area contributed by atoms with E-state index in [0.29, 0.717) is 23.3 Å². The largest absolute Gasteiger partial charge is 0.468 e. The lowest BCUT2D eigenvalue weighted by molar-refractivity contribution is -0.143. The summed E-state index contributed by atoms with van der Waals surface area (Å²) in [5, 5.41) is 5.65. The van der Waals surface area contributed by atoms with Gasteiger partial charge >= 0.3 is 11.9 Å². The number of hydrogen-bond donors (Lipinski definition) is 4. The molecule has 1 aliphatic carbocycles. The molecule has 3 aromatic heterocycles. The fraction of sp³-hybridized carbons (Fsp3) is 0.510. The molecule has 8 bridgehead atoms. The molecule has 0 unspecified atom stereocenters. The van der Waals surface area contributed by atoms with Gasteiger partial charge in [0.2, 0.25) is 0 Å². The SMILES string of the molecule is C=Cc1c2[nH]c(c1C)/C=C1\N/C(=C3\c4[nH]c(c(C)c4C(=O)[C@@H]3C(=O)OC)/C=c3/[nH]/c(c(C)c3CC)=C\2)[C@@H](CCC(=O)OC/C=C(\C)CCC[C@H](C)CCC[C@H](C)CC)[C@@H]1C. The minimum absolute atomic E-state index is 0.0858. The first-order chi connectivity index (χ1) is 28.7. The summed E-state index contributed by atoms with van der Waals surface area (Å²) in [6.45, 7) is 23.9. The highest BCUT2D eigenvalue weighted by Crippen LogP contribution is 2.48. The van der Waals surface area contributed by atoms with Gasteiger partial charge in [-0.15, -0.1) is 0 Å². The van der Waals surface area contributed by atoms with Crippen molar-refractivity contribution in [3.8, 4) is 0 Å². The van der Waals surface area contributed by atoms with E-state index in [1.54, 1.807) is 0 Å². The van der Waals surface area contributed by atoms with E-state index in [1.807, 2.05) is 19.1 Å². The fourth-order valence-corrected chi connectivity index (χ4v) is 9.62. The number of rotatable bonds is 17. The summed E-state index contributed by atoms with van der Waals surface area (Å²) < 4.78 is 11.1. The normalized spacial score (nSPS) is 22.6. The zero-order valence-electron chi connectivity index (χ0n) is 37.8. The molecule has 5 heterocycles. The van der Waals surface area contributed by atoms with E-state index in [4.69, 9.17) is 9.47 Å². The number of esters is 2. The molecule has 3 aromatic rings. The second-order valence-corrected chi connectivity index (χ2v) is 17.8. The fourth-order valence-electron chi connectivity index (χ4n) is 9.62. The number of nitrogens with one attached hydrogen (secondary N) is 4. The molecule has 6 rings (SSSR count). The first-order valence-corrected chi connectivity index (χ1v) is 22.4. The van der Waals surface area contributed by atoms with Gasteiger partial charge < -0.3 is 29.7 Å². The average Bonchev–Trinajstić information content (AvgIpc) is 3.97. The minimum atomic E-state index is -1.14. The first kappa shape index (κ1) is 44.5. The lowest BCUT2D eigenvalue weighted by Gasteiger charge is -2.19. The summed E-state index contributed by atoms with van der Waals surface area (Å²) >= 11 is 0. The van der Waals surface area contributed by atoms with Crippen LogP contribution in [0.5, 0.6) is 0 Å². The molecule has 9 nitrogen and oxygen atoms in total. The summed E-state index contributed by atoms with van der Waals surface area (Å²) in [6.07, 6.45) is 20.2. The van der Waals surface area contributed by atoms with Crippen LogP contribution in [0, 0.1) is 50.4 Å². The summed E-state index contributed by atoms with van der Waals surface area (Å²) in [4.78, 5) is 52.2. The minimum Gasteiger partial charge on any atom is -0.468 e. The van der Waals surface area contributed by atoms with E-state index in [9.17, 15) is 14.4 Å². The number of ether oxygens (including phenoxy) is 2. The number of aromatic nitrogens is 3. The van der Waals surface area contributed by atoms with Crippen LogP contribution >= 0.6 is 0 Å². The van der Waals surface area contributed by atoms with Crippen molar-refractivity contribution >= 4 is 47.6 Å². The Morgan fingerprint density at radius 2 is 1.58 bits per heavy atom. The predicted molar refractivity (Wildman–Crippen MR) is 243 cm³/mol. The second-order valence-electron chi connectivity index (χ2n) is 17.8. The molecule has 9 heteroatoms. The molecule has 3 aliphatic rings. The number of carbonyl (C=O) groups excluding carboxylic acids is 3. The molecular weight excluding hydrogens is 749 g/mol. The lowest BCUT2D eigenvalue weighted by Crippen LogP contribution is -2.25. The number of methoxy groups -OCH3 is 1. The highest BCUT2D eigenvalue weighted by molar-refractivity contribution is 6.24. The van der Waals surface area contributed by atoms with Gasteiger partial charge in [0.1, 0.15) is 12.5 Å². The summed E-state index contributed by atoms with van der Waals surface area (Å²) in [7, 11) is 1.32. The van der Waals surface area contributed by atoms with Crippen LogP contribution in [-0.4, -0.2) is 46.4 Å². The van der Waals surface area contributed by atoms with E-state index >= 15 is 0 Å². The predicted octanol–water partition coefficient (Wildman–Crippen LogP) is 9.66. The maximum atomic E-state index is 14.4. The van der Waals surface area contributed by atoms with Gasteiger partial charge in [0.05, 0.1) is 12.8 Å².